The molecule has 43 heavy (non-hydrogen) atoms. The van der Waals surface area contributed by atoms with Crippen LogP contribution in [-0.2, 0) is 21.4 Å². The Hall–Kier alpha value is -3.43. The molecule has 0 aromatic heterocycles. The summed E-state index contributed by atoms with van der Waals surface area (Å²) in [5, 5.41) is 4.99. The number of piperidine rings is 1. The average Bonchev–Trinajstić information content (AvgIpc) is 3.01. The van der Waals surface area contributed by atoms with E-state index in [0.29, 0.717) is 13.0 Å². The molecule has 7 nitrogen and oxygen atoms in total. The second kappa shape index (κ2) is 13.9. The predicted molar refractivity (Wildman–Crippen MR) is 172 cm³/mol. The van der Waals surface area contributed by atoms with Crippen molar-refractivity contribution in [3.63, 3.8) is 0 Å². The number of carbonyl (C=O) groups excluding carboxylic acids is 1. The Labute approximate surface area is 260 Å². The number of rotatable bonds is 9. The van der Waals surface area contributed by atoms with Crippen LogP contribution in [0, 0.1) is 0 Å². The number of fused-ring (bicyclic) bond motifs is 2. The zero-order valence-corrected chi connectivity index (χ0v) is 25.7. The van der Waals surface area contributed by atoms with Gasteiger partial charge in [0.05, 0.1) is 23.6 Å². The molecule has 0 radical (unpaired) electrons. The minimum absolute atomic E-state index is 0. The van der Waals surface area contributed by atoms with Crippen molar-refractivity contribution in [2.75, 3.05) is 19.7 Å². The van der Waals surface area contributed by atoms with Gasteiger partial charge < -0.3 is 10.1 Å². The molecule has 1 fully saturated rings. The monoisotopic (exact) mass is 619 g/mol. The van der Waals surface area contributed by atoms with Crippen molar-refractivity contribution in [2.45, 2.75) is 55.6 Å². The largest absolute Gasteiger partial charge is 0.493 e. The first-order chi connectivity index (χ1) is 20.4. The smallest absolute Gasteiger partial charge is 0.241 e. The minimum atomic E-state index is -3.90. The van der Waals surface area contributed by atoms with E-state index in [1.54, 1.807) is 18.2 Å². The maximum Gasteiger partial charge on any atom is 0.241 e. The first kappa shape index (κ1) is 31.0. The summed E-state index contributed by atoms with van der Waals surface area (Å²) in [5.74, 6) is 0.579. The van der Waals surface area contributed by atoms with Crippen molar-refractivity contribution in [1.82, 2.24) is 14.9 Å². The van der Waals surface area contributed by atoms with E-state index in [4.69, 9.17) is 4.74 Å². The second-order valence-electron chi connectivity index (χ2n) is 11.3. The predicted octanol–water partition coefficient (Wildman–Crippen LogP) is 6.30. The number of likely N-dealkylation sites (tertiary alicyclic amines) is 1. The molecule has 2 N–H and O–H groups in total. The molecule has 2 atom stereocenters. The molecule has 2 heterocycles. The maximum atomic E-state index is 13.5. The van der Waals surface area contributed by atoms with Crippen LogP contribution in [0.5, 0.6) is 5.75 Å². The summed E-state index contributed by atoms with van der Waals surface area (Å²) in [4.78, 5) is 16.2. The van der Waals surface area contributed by atoms with E-state index in [9.17, 15) is 13.2 Å². The molecular weight excluding hydrogens is 582 g/mol. The van der Waals surface area contributed by atoms with Crippen LogP contribution in [0.2, 0.25) is 0 Å². The summed E-state index contributed by atoms with van der Waals surface area (Å²) in [5.41, 5.74) is 2.93. The van der Waals surface area contributed by atoms with E-state index in [0.717, 1.165) is 47.3 Å². The fourth-order valence-corrected chi connectivity index (χ4v) is 7.27. The molecule has 4 aromatic rings. The van der Waals surface area contributed by atoms with E-state index in [2.05, 4.69) is 27.1 Å². The van der Waals surface area contributed by atoms with Crippen LogP contribution in [0.3, 0.4) is 0 Å². The number of amides is 1. The highest BCUT2D eigenvalue weighted by Gasteiger charge is 2.28. The Bertz CT molecular complexity index is 1660. The van der Waals surface area contributed by atoms with Crippen molar-refractivity contribution < 1.29 is 17.9 Å². The van der Waals surface area contributed by atoms with Gasteiger partial charge in [0.25, 0.3) is 0 Å². The topological polar surface area (TPSA) is 87.7 Å². The molecule has 0 bridgehead atoms. The average molecular weight is 620 g/mol. The standard InChI is InChI=1S/C34H37N3O4S.ClH/c38-34(35-31-17-20-41-33-16-13-25(21-30(31)33)24-37-18-7-2-8-19-37)23-32(27-10-3-1-4-11-27)36-42(39,40)29-15-14-26-9-5-6-12-28(26)22-29;/h1,3-6,9-16,21-22,31-32,36H,2,7-8,17-20,23-24H2,(H,35,38);1H. The summed E-state index contributed by atoms with van der Waals surface area (Å²) >= 11 is 0. The van der Waals surface area contributed by atoms with Gasteiger partial charge in [0.15, 0.2) is 0 Å². The lowest BCUT2D eigenvalue weighted by Crippen LogP contribution is -2.36. The molecule has 0 spiro atoms. The van der Waals surface area contributed by atoms with Gasteiger partial charge in [0.1, 0.15) is 5.75 Å². The Morgan fingerprint density at radius 2 is 1.63 bits per heavy atom. The summed E-state index contributed by atoms with van der Waals surface area (Å²) in [7, 11) is -3.90. The summed E-state index contributed by atoms with van der Waals surface area (Å²) in [6.07, 6.45) is 4.40. The number of hydrogen-bond acceptors (Lipinski definition) is 5. The van der Waals surface area contributed by atoms with Crippen molar-refractivity contribution in [1.29, 1.82) is 0 Å². The van der Waals surface area contributed by atoms with Gasteiger partial charge in [-0.15, -0.1) is 12.4 Å². The highest BCUT2D eigenvalue weighted by molar-refractivity contribution is 7.89. The first-order valence-electron chi connectivity index (χ1n) is 14.8. The van der Waals surface area contributed by atoms with E-state index >= 15 is 0 Å². The maximum absolute atomic E-state index is 13.5. The van der Waals surface area contributed by atoms with Crippen LogP contribution in [-0.4, -0.2) is 38.9 Å². The lowest BCUT2D eigenvalue weighted by molar-refractivity contribution is -0.122. The summed E-state index contributed by atoms with van der Waals surface area (Å²) in [6, 6.07) is 27.3. The molecule has 9 heteroatoms. The van der Waals surface area contributed by atoms with Crippen LogP contribution < -0.4 is 14.8 Å². The van der Waals surface area contributed by atoms with Crippen LogP contribution in [0.25, 0.3) is 10.8 Å². The number of nitrogens with zero attached hydrogens (tertiary/aromatic N) is 1. The number of benzene rings is 4. The molecule has 1 saturated heterocycles. The van der Waals surface area contributed by atoms with Gasteiger partial charge in [-0.3, -0.25) is 9.69 Å². The number of halogens is 1. The molecule has 2 aliphatic heterocycles. The lowest BCUT2D eigenvalue weighted by atomic mass is 9.97. The zero-order valence-electron chi connectivity index (χ0n) is 24.1. The highest BCUT2D eigenvalue weighted by atomic mass is 35.5. The summed E-state index contributed by atoms with van der Waals surface area (Å²) < 4.78 is 35.8. The quantitative estimate of drug-likeness (QED) is 0.230. The fraction of sp³-hybridized carbons (Fsp3) is 0.324. The molecule has 6 rings (SSSR count). The Morgan fingerprint density at radius 3 is 2.42 bits per heavy atom. The van der Waals surface area contributed by atoms with Gasteiger partial charge >= 0.3 is 0 Å². The van der Waals surface area contributed by atoms with E-state index in [1.165, 1.54) is 24.8 Å². The third kappa shape index (κ3) is 7.57. The zero-order chi connectivity index (χ0) is 28.9. The molecule has 226 valence electrons. The number of nitrogens with one attached hydrogen (secondary N) is 2. The van der Waals surface area contributed by atoms with Crippen molar-refractivity contribution in [3.8, 4) is 5.75 Å². The minimum Gasteiger partial charge on any atom is -0.493 e. The molecular formula is C34H38ClN3O4S. The Balaban J connectivity index is 0.00000368. The lowest BCUT2D eigenvalue weighted by Gasteiger charge is -2.30. The van der Waals surface area contributed by atoms with E-state index in [1.807, 2.05) is 60.7 Å². The van der Waals surface area contributed by atoms with E-state index in [-0.39, 0.29) is 35.7 Å². The van der Waals surface area contributed by atoms with Gasteiger partial charge in [-0.25, -0.2) is 13.1 Å². The van der Waals surface area contributed by atoms with Crippen molar-refractivity contribution >= 4 is 39.1 Å². The van der Waals surface area contributed by atoms with Gasteiger partial charge in [-0.05, 0) is 72.1 Å². The van der Waals surface area contributed by atoms with Crippen LogP contribution in [0.15, 0.2) is 95.9 Å². The first-order valence-corrected chi connectivity index (χ1v) is 16.3. The molecule has 2 unspecified atom stereocenters. The molecule has 1 amide bonds. The van der Waals surface area contributed by atoms with Gasteiger partial charge in [-0.2, -0.15) is 0 Å². The van der Waals surface area contributed by atoms with Gasteiger partial charge in [0, 0.05) is 24.9 Å². The van der Waals surface area contributed by atoms with E-state index < -0.39 is 16.1 Å². The fourth-order valence-electron chi connectivity index (χ4n) is 6.01. The third-order valence-electron chi connectivity index (χ3n) is 8.22. The van der Waals surface area contributed by atoms with Crippen LogP contribution in [0.1, 0.15) is 60.9 Å². The number of carbonyl (C=O) groups is 1. The molecule has 0 saturated carbocycles. The number of ether oxygens (including phenoxy) is 1. The van der Waals surface area contributed by atoms with Crippen molar-refractivity contribution in [3.05, 3.63) is 108 Å². The van der Waals surface area contributed by atoms with Crippen molar-refractivity contribution in [2.24, 2.45) is 0 Å². The SMILES string of the molecule is Cl.O=C(CC(NS(=O)(=O)c1ccc2ccccc2c1)c1ccccc1)NC1CCOc2ccc(CN3CCCCC3)cc21. The van der Waals surface area contributed by atoms with Gasteiger partial charge in [-0.1, -0.05) is 73.2 Å². The second-order valence-corrected chi connectivity index (χ2v) is 13.0. The highest BCUT2D eigenvalue weighted by Crippen LogP contribution is 2.34. The molecule has 0 aliphatic carbocycles. The third-order valence-corrected chi connectivity index (χ3v) is 9.69. The molecule has 2 aliphatic rings. The molecule has 4 aromatic carbocycles. The number of sulfonamides is 1. The normalized spacial score (nSPS) is 17.7. The Kier molecular flexibility index (Phi) is 10.0. The van der Waals surface area contributed by atoms with Gasteiger partial charge in [0.2, 0.25) is 15.9 Å². The number of hydrogen-bond donors (Lipinski definition) is 2. The van der Waals surface area contributed by atoms with Crippen LogP contribution >= 0.6 is 12.4 Å². The van der Waals surface area contributed by atoms with Crippen LogP contribution in [0.4, 0.5) is 0 Å². The Morgan fingerprint density at radius 1 is 0.884 bits per heavy atom. The summed E-state index contributed by atoms with van der Waals surface area (Å²) in [6.45, 7) is 3.63.